The minimum atomic E-state index is 0.0122. The normalized spacial score (nSPS) is 20.0. The number of aliphatic hydroxyl groups is 1. The molecule has 1 fully saturated rings. The van der Waals surface area contributed by atoms with Crippen LogP contribution < -0.4 is 5.56 Å². The van der Waals surface area contributed by atoms with E-state index in [0.29, 0.717) is 11.9 Å². The quantitative estimate of drug-likeness (QED) is 0.919. The highest BCUT2D eigenvalue weighted by atomic mass is 16.3. The number of benzene rings is 1. The molecule has 0 radical (unpaired) electrons. The lowest BCUT2D eigenvalue weighted by Gasteiger charge is -2.34. The number of rotatable bonds is 4. The minimum absolute atomic E-state index is 0.0122. The average Bonchev–Trinajstić information content (AvgIpc) is 2.55. The van der Waals surface area contributed by atoms with Gasteiger partial charge in [-0.2, -0.15) is 0 Å². The zero-order valence-corrected chi connectivity index (χ0v) is 12.1. The average molecular weight is 287 g/mol. The Bertz CT molecular complexity index is 668. The number of nitrogens with zero attached hydrogens (tertiary/aromatic N) is 3. The van der Waals surface area contributed by atoms with Crippen molar-refractivity contribution >= 4 is 10.9 Å². The summed E-state index contributed by atoms with van der Waals surface area (Å²) in [7, 11) is 0. The highest BCUT2D eigenvalue weighted by Crippen LogP contribution is 2.16. The van der Waals surface area contributed by atoms with E-state index in [1.807, 2.05) is 24.3 Å². The zero-order valence-electron chi connectivity index (χ0n) is 12.1. The summed E-state index contributed by atoms with van der Waals surface area (Å²) in [6.07, 6.45) is 5.02. The molecule has 0 aliphatic carbocycles. The van der Waals surface area contributed by atoms with E-state index in [9.17, 15) is 9.90 Å². The Labute approximate surface area is 123 Å². The van der Waals surface area contributed by atoms with Gasteiger partial charge in [0.25, 0.3) is 5.56 Å². The molecule has 1 aromatic carbocycles. The van der Waals surface area contributed by atoms with Crippen LogP contribution in [-0.2, 0) is 6.54 Å². The van der Waals surface area contributed by atoms with E-state index >= 15 is 0 Å². The van der Waals surface area contributed by atoms with E-state index in [0.717, 1.165) is 25.0 Å². The third-order valence-electron chi connectivity index (χ3n) is 4.32. The van der Waals surface area contributed by atoms with Crippen molar-refractivity contribution in [3.63, 3.8) is 0 Å². The van der Waals surface area contributed by atoms with Crippen molar-refractivity contribution < 1.29 is 5.11 Å². The van der Waals surface area contributed by atoms with Crippen molar-refractivity contribution in [2.75, 3.05) is 19.7 Å². The molecule has 1 aromatic heterocycles. The van der Waals surface area contributed by atoms with E-state index < -0.39 is 0 Å². The fourth-order valence-electron chi connectivity index (χ4n) is 3.06. The number of fused-ring (bicyclic) bond motifs is 1. The standard InChI is InChI=1S/C16H21N3O2/c20-11-13-5-3-4-8-18(13)9-10-19-12-17-15-7-2-1-6-14(15)16(19)21/h1-2,6-7,12-13,20H,3-5,8-11H2/t13-/m1/s1. The van der Waals surface area contributed by atoms with Crippen LogP contribution in [-0.4, -0.2) is 45.3 Å². The van der Waals surface area contributed by atoms with E-state index in [1.54, 1.807) is 10.9 Å². The Morgan fingerprint density at radius 3 is 2.95 bits per heavy atom. The molecular weight excluding hydrogens is 266 g/mol. The summed E-state index contributed by atoms with van der Waals surface area (Å²) in [6, 6.07) is 7.66. The van der Waals surface area contributed by atoms with Crippen LogP contribution in [0.1, 0.15) is 19.3 Å². The van der Waals surface area contributed by atoms with Gasteiger partial charge in [-0.25, -0.2) is 4.98 Å². The molecule has 2 aromatic rings. The highest BCUT2D eigenvalue weighted by molar-refractivity contribution is 5.76. The van der Waals surface area contributed by atoms with Gasteiger partial charge in [0.2, 0.25) is 0 Å². The van der Waals surface area contributed by atoms with Gasteiger partial charge in [0.1, 0.15) is 0 Å². The molecular formula is C16H21N3O2. The lowest BCUT2D eigenvalue weighted by atomic mass is 10.0. The highest BCUT2D eigenvalue weighted by Gasteiger charge is 2.21. The lowest BCUT2D eigenvalue weighted by molar-refractivity contribution is 0.0869. The molecule has 5 heteroatoms. The maximum atomic E-state index is 12.4. The van der Waals surface area contributed by atoms with Gasteiger partial charge < -0.3 is 5.11 Å². The van der Waals surface area contributed by atoms with Crippen LogP contribution in [0.5, 0.6) is 0 Å². The number of aromatic nitrogens is 2. The summed E-state index contributed by atoms with van der Waals surface area (Å²) in [5.74, 6) is 0. The summed E-state index contributed by atoms with van der Waals surface area (Å²) >= 11 is 0. The summed E-state index contributed by atoms with van der Waals surface area (Å²) < 4.78 is 1.67. The first-order valence-corrected chi connectivity index (χ1v) is 7.58. The largest absolute Gasteiger partial charge is 0.395 e. The first-order chi connectivity index (χ1) is 10.3. The van der Waals surface area contributed by atoms with E-state index in [1.165, 1.54) is 12.8 Å². The van der Waals surface area contributed by atoms with Gasteiger partial charge in [-0.3, -0.25) is 14.3 Å². The number of aliphatic hydroxyl groups excluding tert-OH is 1. The monoisotopic (exact) mass is 287 g/mol. The molecule has 1 aliphatic rings. The van der Waals surface area contributed by atoms with Crippen molar-refractivity contribution in [2.24, 2.45) is 0 Å². The van der Waals surface area contributed by atoms with Crippen molar-refractivity contribution in [3.8, 4) is 0 Å². The summed E-state index contributed by atoms with van der Waals surface area (Å²) in [6.45, 7) is 2.60. The van der Waals surface area contributed by atoms with Crippen LogP contribution in [0.2, 0.25) is 0 Å². The number of likely N-dealkylation sites (tertiary alicyclic amines) is 1. The second kappa shape index (κ2) is 6.37. The molecule has 2 heterocycles. The third-order valence-corrected chi connectivity index (χ3v) is 4.32. The van der Waals surface area contributed by atoms with Crippen LogP contribution in [0.4, 0.5) is 0 Å². The minimum Gasteiger partial charge on any atom is -0.395 e. The fourth-order valence-corrected chi connectivity index (χ4v) is 3.06. The smallest absolute Gasteiger partial charge is 0.261 e. The Morgan fingerprint density at radius 2 is 2.10 bits per heavy atom. The number of para-hydroxylation sites is 1. The molecule has 0 spiro atoms. The topological polar surface area (TPSA) is 58.4 Å². The Morgan fingerprint density at radius 1 is 1.24 bits per heavy atom. The van der Waals surface area contributed by atoms with E-state index in [-0.39, 0.29) is 18.2 Å². The van der Waals surface area contributed by atoms with Gasteiger partial charge in [0.05, 0.1) is 23.8 Å². The molecule has 112 valence electrons. The molecule has 5 nitrogen and oxygen atoms in total. The second-order valence-corrected chi connectivity index (χ2v) is 5.63. The van der Waals surface area contributed by atoms with Crippen LogP contribution in [0, 0.1) is 0 Å². The molecule has 0 unspecified atom stereocenters. The maximum absolute atomic E-state index is 12.4. The molecule has 1 saturated heterocycles. The fraction of sp³-hybridized carbons (Fsp3) is 0.500. The van der Waals surface area contributed by atoms with Crippen LogP contribution in [0.3, 0.4) is 0 Å². The second-order valence-electron chi connectivity index (χ2n) is 5.63. The molecule has 0 saturated carbocycles. The first-order valence-electron chi connectivity index (χ1n) is 7.58. The predicted molar refractivity (Wildman–Crippen MR) is 82.3 cm³/mol. The van der Waals surface area contributed by atoms with Crippen LogP contribution in [0.15, 0.2) is 35.4 Å². The van der Waals surface area contributed by atoms with Gasteiger partial charge in [-0.1, -0.05) is 18.6 Å². The van der Waals surface area contributed by atoms with Crippen LogP contribution >= 0.6 is 0 Å². The third kappa shape index (κ3) is 2.99. The van der Waals surface area contributed by atoms with Gasteiger partial charge in [0, 0.05) is 19.1 Å². The molecule has 21 heavy (non-hydrogen) atoms. The Hall–Kier alpha value is -1.72. The zero-order chi connectivity index (χ0) is 14.7. The SMILES string of the molecule is O=c1c2ccccc2ncn1CCN1CCCC[C@@H]1CO. The predicted octanol–water partition coefficient (Wildman–Crippen LogP) is 1.24. The number of hydrogen-bond acceptors (Lipinski definition) is 4. The van der Waals surface area contributed by atoms with Crippen molar-refractivity contribution in [3.05, 3.63) is 40.9 Å². The molecule has 0 amide bonds. The Balaban J connectivity index is 1.76. The van der Waals surface area contributed by atoms with Crippen LogP contribution in [0.25, 0.3) is 10.9 Å². The van der Waals surface area contributed by atoms with E-state index in [2.05, 4.69) is 9.88 Å². The maximum Gasteiger partial charge on any atom is 0.261 e. The van der Waals surface area contributed by atoms with Gasteiger partial charge >= 0.3 is 0 Å². The summed E-state index contributed by atoms with van der Waals surface area (Å²) in [5, 5.41) is 10.1. The molecule has 1 N–H and O–H groups in total. The summed E-state index contributed by atoms with van der Waals surface area (Å²) in [4.78, 5) is 19.0. The first kappa shape index (κ1) is 14.2. The lowest BCUT2D eigenvalue weighted by Crippen LogP contribution is -2.44. The van der Waals surface area contributed by atoms with Gasteiger partial charge in [-0.05, 0) is 31.5 Å². The molecule has 1 aliphatic heterocycles. The number of hydrogen-bond donors (Lipinski definition) is 1. The summed E-state index contributed by atoms with van der Waals surface area (Å²) in [5.41, 5.74) is 0.753. The van der Waals surface area contributed by atoms with Crippen molar-refractivity contribution in [1.29, 1.82) is 0 Å². The van der Waals surface area contributed by atoms with Gasteiger partial charge in [0.15, 0.2) is 0 Å². The number of piperidine rings is 1. The van der Waals surface area contributed by atoms with Crippen molar-refractivity contribution in [1.82, 2.24) is 14.5 Å². The molecule has 3 rings (SSSR count). The molecule has 1 atom stereocenters. The Kier molecular flexibility index (Phi) is 4.31. The molecule has 0 bridgehead atoms. The van der Waals surface area contributed by atoms with Gasteiger partial charge in [-0.15, -0.1) is 0 Å². The van der Waals surface area contributed by atoms with E-state index in [4.69, 9.17) is 0 Å². The van der Waals surface area contributed by atoms with Crippen molar-refractivity contribution in [2.45, 2.75) is 31.8 Å².